The minimum Gasteiger partial charge on any atom is -0.627 e. The van der Waals surface area contributed by atoms with E-state index in [-0.39, 0.29) is 21.5 Å². The van der Waals surface area contributed by atoms with Crippen molar-refractivity contribution >= 4 is 23.5 Å². The quantitative estimate of drug-likeness (QED) is 0.170. The zero-order valence-electron chi connectivity index (χ0n) is 22.3. The van der Waals surface area contributed by atoms with Gasteiger partial charge in [0.05, 0.1) is 18.5 Å². The van der Waals surface area contributed by atoms with E-state index in [0.29, 0.717) is 45.0 Å². The van der Waals surface area contributed by atoms with E-state index in [0.717, 1.165) is 60.1 Å². The second-order valence-corrected chi connectivity index (χ2v) is 12.1. The van der Waals surface area contributed by atoms with E-state index >= 15 is 0 Å². The van der Waals surface area contributed by atoms with Crippen molar-refractivity contribution in [3.05, 3.63) is 81.4 Å². The van der Waals surface area contributed by atoms with E-state index in [9.17, 15) is 18.8 Å². The van der Waals surface area contributed by atoms with Gasteiger partial charge in [0.25, 0.3) is 0 Å². The molecule has 3 aliphatic rings. The van der Waals surface area contributed by atoms with Crippen LogP contribution < -0.4 is 24.6 Å². The summed E-state index contributed by atoms with van der Waals surface area (Å²) in [6.45, 7) is 7.19. The van der Waals surface area contributed by atoms with Gasteiger partial charge in [-0.25, -0.2) is 17.8 Å². The van der Waals surface area contributed by atoms with Gasteiger partial charge in [0.2, 0.25) is 5.75 Å². The molecule has 9 nitrogen and oxygen atoms in total. The van der Waals surface area contributed by atoms with Crippen molar-refractivity contribution < 1.29 is 13.5 Å². The van der Waals surface area contributed by atoms with E-state index in [1.165, 1.54) is 12.1 Å². The summed E-state index contributed by atoms with van der Waals surface area (Å²) < 4.78 is 40.2. The summed E-state index contributed by atoms with van der Waals surface area (Å²) in [7, 11) is 0. The Balaban J connectivity index is 1.11. The maximum atomic E-state index is 13.9. The van der Waals surface area contributed by atoms with E-state index in [4.69, 9.17) is 4.74 Å². The Labute approximate surface area is 235 Å². The molecule has 2 aromatic carbocycles. The van der Waals surface area contributed by atoms with Gasteiger partial charge in [-0.15, -0.1) is 0 Å². The van der Waals surface area contributed by atoms with E-state index in [2.05, 4.69) is 25.9 Å². The molecule has 2 saturated heterocycles. The molecule has 40 heavy (non-hydrogen) atoms. The number of rotatable bonds is 10. The van der Waals surface area contributed by atoms with Gasteiger partial charge in [-0.3, -0.25) is 4.79 Å². The van der Waals surface area contributed by atoms with Gasteiger partial charge in [0.15, 0.2) is 0 Å². The molecule has 12 heteroatoms. The number of hydroxylamine groups is 2. The fraction of sp³-hybridized carbons (Fsp3) is 0.429. The lowest BCUT2D eigenvalue weighted by Crippen LogP contribution is -2.45. The van der Waals surface area contributed by atoms with Crippen LogP contribution in [0.4, 0.5) is 20.2 Å². The molecule has 3 heterocycles. The number of ether oxygens (including phenoxy) is 1. The van der Waals surface area contributed by atoms with Crippen molar-refractivity contribution in [1.29, 1.82) is 0 Å². The molecular weight excluding hydrogens is 538 g/mol. The molecule has 3 aromatic rings. The molecule has 0 atom stereocenters. The minimum atomic E-state index is -0.785. The van der Waals surface area contributed by atoms with Gasteiger partial charge in [-0.1, -0.05) is 19.1 Å². The second kappa shape index (κ2) is 10.7. The SMILES string of the molecule is CC1(COc2c(N3CCN(SNCc4cccc([N+]5([O-])CC5)c4)CC3)cnn(-c3cc(F)cc(F)c3)c2=O)CC1. The molecule has 1 aromatic heterocycles. The molecule has 0 bridgehead atoms. The normalized spacial score (nSPS) is 19.4. The molecule has 0 amide bonds. The lowest BCUT2D eigenvalue weighted by atomic mass is 10.2. The second-order valence-electron chi connectivity index (χ2n) is 11.1. The molecule has 0 radical (unpaired) electrons. The highest BCUT2D eigenvalue weighted by Crippen LogP contribution is 2.45. The summed E-state index contributed by atoms with van der Waals surface area (Å²) in [5.41, 5.74) is 1.97. The molecule has 0 spiro atoms. The summed E-state index contributed by atoms with van der Waals surface area (Å²) in [6.07, 6.45) is 3.60. The predicted octanol–water partition coefficient (Wildman–Crippen LogP) is 3.98. The van der Waals surface area contributed by atoms with Crippen molar-refractivity contribution in [3.63, 3.8) is 0 Å². The van der Waals surface area contributed by atoms with E-state index in [1.54, 1.807) is 6.20 Å². The number of hydrogen-bond acceptors (Lipinski definition) is 8. The average molecular weight is 571 g/mol. The lowest BCUT2D eigenvalue weighted by Gasteiger charge is -2.35. The molecule has 2 aliphatic heterocycles. The first-order valence-electron chi connectivity index (χ1n) is 13.5. The highest BCUT2D eigenvalue weighted by Gasteiger charge is 2.39. The molecule has 0 unspecified atom stereocenters. The molecule has 6 rings (SSSR count). The van der Waals surface area contributed by atoms with Gasteiger partial charge < -0.3 is 19.5 Å². The highest BCUT2D eigenvalue weighted by molar-refractivity contribution is 7.95. The molecule has 1 saturated carbocycles. The first-order valence-corrected chi connectivity index (χ1v) is 14.3. The summed E-state index contributed by atoms with van der Waals surface area (Å²) in [4.78, 5) is 15.5. The first kappa shape index (κ1) is 27.2. The fourth-order valence-corrected chi connectivity index (χ4v) is 5.50. The molecule has 1 aliphatic carbocycles. The van der Waals surface area contributed by atoms with Crippen LogP contribution in [0.15, 0.2) is 53.5 Å². The van der Waals surface area contributed by atoms with Crippen LogP contribution in [-0.4, -0.2) is 60.0 Å². The minimum absolute atomic E-state index is 0.0101. The maximum Gasteiger partial charge on any atom is 0.316 e. The Morgan fingerprint density at radius 1 is 1.10 bits per heavy atom. The number of nitrogens with zero attached hydrogens (tertiary/aromatic N) is 5. The smallest absolute Gasteiger partial charge is 0.316 e. The summed E-state index contributed by atoms with van der Waals surface area (Å²) >= 11 is 1.54. The monoisotopic (exact) mass is 570 g/mol. The van der Waals surface area contributed by atoms with Crippen molar-refractivity contribution in [2.24, 2.45) is 5.41 Å². The number of aromatic nitrogens is 2. The molecule has 3 fully saturated rings. The van der Waals surface area contributed by atoms with Crippen LogP contribution in [0.5, 0.6) is 5.75 Å². The summed E-state index contributed by atoms with van der Waals surface area (Å²) in [5.74, 6) is -1.42. The van der Waals surface area contributed by atoms with Gasteiger partial charge in [0, 0.05) is 62.4 Å². The third-order valence-corrected chi connectivity index (χ3v) is 8.63. The van der Waals surface area contributed by atoms with Gasteiger partial charge in [-0.05, 0) is 36.6 Å². The lowest BCUT2D eigenvalue weighted by molar-refractivity contribution is 0.242. The van der Waals surface area contributed by atoms with Crippen LogP contribution >= 0.6 is 12.1 Å². The zero-order valence-corrected chi connectivity index (χ0v) is 23.1. The third-order valence-electron chi connectivity index (χ3n) is 7.74. The Morgan fingerprint density at radius 2 is 1.82 bits per heavy atom. The van der Waals surface area contributed by atoms with E-state index < -0.39 is 17.2 Å². The van der Waals surface area contributed by atoms with Crippen LogP contribution in [0.2, 0.25) is 0 Å². The van der Waals surface area contributed by atoms with Crippen LogP contribution in [0, 0.1) is 22.3 Å². The summed E-state index contributed by atoms with van der Waals surface area (Å²) in [5, 5.41) is 16.6. The third kappa shape index (κ3) is 6.01. The van der Waals surface area contributed by atoms with Crippen molar-refractivity contribution in [2.45, 2.75) is 26.3 Å². The standard InChI is InChI=1S/C28H32F2N6O3S/c1-28(5-6-28)19-39-26-25(18-31-35(27(26)37)23-15-21(29)14-22(30)16-23)33-7-9-34(10-8-33)40-32-17-20-3-2-4-24(13-20)36(38)11-12-36/h2-4,13-16,18,32H,5-12,17,19H2,1H3. The highest BCUT2D eigenvalue weighted by atomic mass is 32.2. The Morgan fingerprint density at radius 3 is 2.50 bits per heavy atom. The van der Waals surface area contributed by atoms with Crippen LogP contribution in [0.1, 0.15) is 25.3 Å². The largest absolute Gasteiger partial charge is 0.627 e. The number of hydrogen-bond donors (Lipinski definition) is 1. The fourth-order valence-electron chi connectivity index (χ4n) is 4.74. The number of quaternary nitrogens is 1. The number of halogens is 2. The summed E-state index contributed by atoms with van der Waals surface area (Å²) in [6, 6.07) is 10.7. The van der Waals surface area contributed by atoms with Crippen LogP contribution in [0.25, 0.3) is 5.69 Å². The molecular formula is C28H32F2N6O3S. The Bertz CT molecular complexity index is 1430. The molecule has 1 N–H and O–H groups in total. The Hall–Kier alpha value is -3.03. The van der Waals surface area contributed by atoms with Crippen molar-refractivity contribution in [1.82, 2.24) is 23.5 Å². The maximum absolute atomic E-state index is 13.9. The van der Waals surface area contributed by atoms with Crippen LogP contribution in [-0.2, 0) is 6.54 Å². The number of benzene rings is 2. The topological polar surface area (TPSA) is 85.7 Å². The van der Waals surface area contributed by atoms with E-state index in [1.807, 2.05) is 24.3 Å². The van der Waals surface area contributed by atoms with Crippen LogP contribution in [0.3, 0.4) is 0 Å². The first-order chi connectivity index (χ1) is 19.2. The average Bonchev–Trinajstić information content (AvgIpc) is 3.86. The number of nitrogens with one attached hydrogen (secondary N) is 1. The Kier molecular flexibility index (Phi) is 7.30. The van der Waals surface area contributed by atoms with Crippen molar-refractivity contribution in [3.8, 4) is 11.4 Å². The van der Waals surface area contributed by atoms with Gasteiger partial charge >= 0.3 is 5.56 Å². The van der Waals surface area contributed by atoms with Gasteiger partial charge in [0.1, 0.15) is 36.1 Å². The number of anilines is 1. The molecule has 212 valence electrons. The predicted molar refractivity (Wildman–Crippen MR) is 152 cm³/mol. The zero-order chi connectivity index (χ0) is 27.9. The number of piperazine rings is 1. The van der Waals surface area contributed by atoms with Crippen molar-refractivity contribution in [2.75, 3.05) is 50.8 Å². The van der Waals surface area contributed by atoms with Gasteiger partial charge in [-0.2, -0.15) is 9.78 Å².